The van der Waals surface area contributed by atoms with Crippen LogP contribution in [0.1, 0.15) is 219 Å². The largest absolute Gasteiger partial charge is 0.446 e. The molecule has 0 radical (unpaired) electrons. The molecule has 14 aliphatic rings. The molecule has 0 heterocycles. The van der Waals surface area contributed by atoms with Crippen molar-refractivity contribution < 1.29 is 55.1 Å². The second-order valence-corrected chi connectivity index (χ2v) is 35.3. The smallest absolute Gasteiger partial charge is 0.143 e. The van der Waals surface area contributed by atoms with Gasteiger partial charge in [0.25, 0.3) is 0 Å². The van der Waals surface area contributed by atoms with Crippen molar-refractivity contribution in [1.29, 1.82) is 0 Å². The minimum atomic E-state index is -0.118. The molecular weight excluding hydrogens is 1170 g/mol. The Labute approximate surface area is 575 Å². The summed E-state index contributed by atoms with van der Waals surface area (Å²) >= 11 is 0. The minimum absolute atomic E-state index is 0. The highest BCUT2D eigenvalue weighted by Gasteiger charge is 2.54. The van der Waals surface area contributed by atoms with Crippen molar-refractivity contribution >= 4 is 0 Å². The van der Waals surface area contributed by atoms with Gasteiger partial charge in [0, 0.05) is 39.0 Å². The summed E-state index contributed by atoms with van der Waals surface area (Å²) in [5.41, 5.74) is 0. The van der Waals surface area contributed by atoms with Gasteiger partial charge in [0.15, 0.2) is 0 Å². The summed E-state index contributed by atoms with van der Waals surface area (Å²) in [6.07, 6.45) is 33.0. The molecule has 0 saturated heterocycles. The summed E-state index contributed by atoms with van der Waals surface area (Å²) in [4.78, 5) is 0. The summed E-state index contributed by atoms with van der Waals surface area (Å²) in [6.45, 7) is 38.4. The number of ether oxygens (including phenoxy) is 4. The van der Waals surface area contributed by atoms with Crippen LogP contribution in [0.2, 0.25) is 0 Å². The molecule has 0 aromatic carbocycles. The molecule has 0 spiro atoms. The average molecular weight is 1320 g/mol. The molecule has 0 aromatic heterocycles. The lowest BCUT2D eigenvalue weighted by molar-refractivity contribution is -0.0320. The van der Waals surface area contributed by atoms with Crippen LogP contribution in [0.15, 0.2) is 0 Å². The summed E-state index contributed by atoms with van der Waals surface area (Å²) in [6, 6.07) is 0. The Morgan fingerprint density at radius 1 is 0.309 bits per heavy atom. The van der Waals surface area contributed by atoms with Gasteiger partial charge >= 0.3 is 0 Å². The monoisotopic (exact) mass is 1320 g/mol. The van der Waals surface area contributed by atoms with Gasteiger partial charge in [0.05, 0.1) is 19.8 Å². The molecule has 94 heavy (non-hydrogen) atoms. The van der Waals surface area contributed by atoms with Crippen molar-refractivity contribution in [3.8, 4) is 24.4 Å². The topological polar surface area (TPSA) is 190 Å². The molecule has 0 aromatic rings. The van der Waals surface area contributed by atoms with E-state index < -0.39 is 0 Å². The Morgan fingerprint density at radius 2 is 0.617 bits per heavy atom. The first-order valence-corrected chi connectivity index (χ1v) is 39.6. The van der Waals surface area contributed by atoms with Crippen LogP contribution in [0.3, 0.4) is 0 Å². The Bertz CT molecular complexity index is 2210. The fourth-order valence-electron chi connectivity index (χ4n) is 25.2. The Balaban J connectivity index is 0.000000155. The maximum atomic E-state index is 9.09. The van der Waals surface area contributed by atoms with Gasteiger partial charge in [-0.15, -0.1) is 6.42 Å². The second kappa shape index (κ2) is 38.0. The molecule has 35 atom stereocenters. The van der Waals surface area contributed by atoms with E-state index in [2.05, 4.69) is 115 Å². The number of hydrogen-bond donors (Lipinski definition) is 6. The van der Waals surface area contributed by atoms with Crippen molar-refractivity contribution in [1.82, 2.24) is 0 Å². The number of hydrogen-bond acceptors (Lipinski definition) is 10. The molecule has 14 rings (SSSR count). The number of aliphatic hydroxyl groups excluding tert-OH is 6. The lowest BCUT2D eigenvalue weighted by Gasteiger charge is -2.31. The maximum Gasteiger partial charge on any atom is 0.143 e. The van der Waals surface area contributed by atoms with Gasteiger partial charge in [0.2, 0.25) is 0 Å². The Kier molecular flexibility index (Phi) is 32.3. The highest BCUT2D eigenvalue weighted by molar-refractivity contribution is 5.19. The van der Waals surface area contributed by atoms with Gasteiger partial charge in [-0.05, 0) is 335 Å². The van der Waals surface area contributed by atoms with Crippen LogP contribution in [0, 0.1) is 231 Å². The summed E-state index contributed by atoms with van der Waals surface area (Å²) in [5, 5.41) is 52.6. The SMILES string of the molecule is C#CC#COCC1CC2CC1C(C)C2C.CC1C2CC(CCCO)C(C2)C1C.CC1C2CC(CCO)C(C2)C1C.CC1C2CC(CCOCCO)C(C2)C1C.CC1C2CC(CCOCO)C(C2)C1C.CC1C2CC(CO)C(C2)C1C.CC1C2CC(COCO)C(C2)C1C.O. The Hall–Kier alpha value is -1.48. The van der Waals surface area contributed by atoms with Gasteiger partial charge < -0.3 is 55.1 Å². The molecule has 0 aliphatic heterocycles. The van der Waals surface area contributed by atoms with E-state index >= 15 is 0 Å². The van der Waals surface area contributed by atoms with Crippen molar-refractivity contribution in [2.24, 2.45) is 207 Å². The van der Waals surface area contributed by atoms with Crippen LogP contribution in [-0.4, -0.2) is 109 Å². The number of fused-ring (bicyclic) bond motifs is 14. The van der Waals surface area contributed by atoms with Gasteiger partial charge in [0.1, 0.15) is 26.3 Å². The number of aliphatic hydroxyl groups is 6. The van der Waals surface area contributed by atoms with E-state index in [1.165, 1.54) is 103 Å². The van der Waals surface area contributed by atoms with Crippen LogP contribution in [0.25, 0.3) is 0 Å². The van der Waals surface area contributed by atoms with Crippen molar-refractivity contribution in [3.63, 3.8) is 0 Å². The molecule has 11 heteroatoms. The third-order valence-corrected chi connectivity index (χ3v) is 32.2. The predicted octanol–water partition coefficient (Wildman–Crippen LogP) is 15.1. The molecule has 35 unspecified atom stereocenters. The normalized spacial score (nSPS) is 47.1. The van der Waals surface area contributed by atoms with Gasteiger partial charge in [-0.1, -0.05) is 96.9 Å². The number of terminal acetylenes is 1. The van der Waals surface area contributed by atoms with E-state index in [9.17, 15) is 0 Å². The van der Waals surface area contributed by atoms with Crippen LogP contribution >= 0.6 is 0 Å². The zero-order chi connectivity index (χ0) is 67.4. The third-order valence-electron chi connectivity index (χ3n) is 32.2. The van der Waals surface area contributed by atoms with Gasteiger partial charge in [-0.25, -0.2) is 0 Å². The molecule has 544 valence electrons. The molecule has 14 fully saturated rings. The van der Waals surface area contributed by atoms with E-state index in [4.69, 9.17) is 56.0 Å². The molecular formula is C83H146O11. The van der Waals surface area contributed by atoms with E-state index in [0.29, 0.717) is 38.3 Å². The predicted molar refractivity (Wildman–Crippen MR) is 381 cm³/mol. The molecule has 14 bridgehead atoms. The van der Waals surface area contributed by atoms with Crippen LogP contribution in [0.4, 0.5) is 0 Å². The highest BCUT2D eigenvalue weighted by atomic mass is 16.6. The van der Waals surface area contributed by atoms with E-state index in [-0.39, 0.29) is 25.7 Å². The van der Waals surface area contributed by atoms with Crippen LogP contribution in [-0.2, 0) is 18.9 Å². The second-order valence-electron chi connectivity index (χ2n) is 35.3. The maximum absolute atomic E-state index is 9.09. The van der Waals surface area contributed by atoms with Crippen molar-refractivity contribution in [2.75, 3.05) is 73.0 Å². The highest BCUT2D eigenvalue weighted by Crippen LogP contribution is 2.61. The van der Waals surface area contributed by atoms with E-state index in [1.54, 1.807) is 0 Å². The first kappa shape index (κ1) is 79.8. The molecule has 14 saturated carbocycles. The van der Waals surface area contributed by atoms with Crippen molar-refractivity contribution in [3.05, 3.63) is 0 Å². The lowest BCUT2D eigenvalue weighted by Crippen LogP contribution is -2.27. The standard InChI is InChI=1S/C14H18O.C13H24O2.C12H22O2.C12H22O.C11H20O2.C11H20O.C10H18O.H2O/c1-4-5-6-15-9-13-7-12-8-14(13)11(3)10(12)2;1-9-10(2)13-8-12(9)7-11(13)3-5-15-6-4-14;1-8-9(2)12-6-11(8)5-10(12)3-4-14-7-13;1-8-9(2)12-7-11(8)6-10(12)4-3-5-13;1-7-8(2)11-4-9(7)3-10(11)5-13-6-12;1-7-8(2)11-6-10(7)5-9(11)3-4-12;1-6-7(2)10-4-8(6)3-9(10)5-11;/h1,10-14H,7-9H2,2-3H3;9-14H,3-8H2,1-2H3;8-13H,3-7H2,1-2H3;8-13H,3-7H2,1-2H3;7-12H,3-6H2,1-2H3;7-12H,3-6H2,1-2H3;6-11H,3-5H2,1-2H3;1H2. The summed E-state index contributed by atoms with van der Waals surface area (Å²) in [5.74, 6) is 36.4. The molecule has 8 N–H and O–H groups in total. The fraction of sp³-hybridized carbons (Fsp3) is 0.952. The molecule has 11 nitrogen and oxygen atoms in total. The minimum Gasteiger partial charge on any atom is -0.446 e. The fourth-order valence-corrected chi connectivity index (χ4v) is 25.2. The third kappa shape index (κ3) is 18.8. The van der Waals surface area contributed by atoms with Gasteiger partial charge in [-0.3, -0.25) is 0 Å². The van der Waals surface area contributed by atoms with E-state index in [0.717, 1.165) is 241 Å². The molecule has 14 aliphatic carbocycles. The summed E-state index contributed by atoms with van der Waals surface area (Å²) < 4.78 is 20.8. The quantitative estimate of drug-likeness (QED) is 0.0389. The zero-order valence-corrected chi connectivity index (χ0v) is 62.3. The first-order chi connectivity index (χ1) is 44.7. The lowest BCUT2D eigenvalue weighted by atomic mass is 9.74. The van der Waals surface area contributed by atoms with Crippen molar-refractivity contribution in [2.45, 2.75) is 219 Å². The Morgan fingerprint density at radius 3 is 0.926 bits per heavy atom. The van der Waals surface area contributed by atoms with Crippen LogP contribution < -0.4 is 0 Å². The zero-order valence-electron chi connectivity index (χ0n) is 62.3. The van der Waals surface area contributed by atoms with Crippen LogP contribution in [0.5, 0.6) is 0 Å². The van der Waals surface area contributed by atoms with E-state index in [1.807, 2.05) is 0 Å². The first-order valence-electron chi connectivity index (χ1n) is 39.6. The van der Waals surface area contributed by atoms with Gasteiger partial charge in [-0.2, -0.15) is 0 Å². The summed E-state index contributed by atoms with van der Waals surface area (Å²) in [7, 11) is 0. The molecule has 0 amide bonds. The number of rotatable bonds is 20. The average Bonchev–Trinajstić information content (AvgIpc) is 1.73.